The van der Waals surface area contributed by atoms with Crippen molar-refractivity contribution in [1.82, 2.24) is 15.5 Å². The maximum absolute atomic E-state index is 13.6. The Morgan fingerprint density at radius 2 is 1.71 bits per heavy atom. The van der Waals surface area contributed by atoms with Crippen molar-refractivity contribution in [2.75, 3.05) is 38.0 Å². The van der Waals surface area contributed by atoms with Crippen molar-refractivity contribution < 1.29 is 22.8 Å². The molecule has 0 saturated carbocycles. The van der Waals surface area contributed by atoms with Crippen molar-refractivity contribution in [3.05, 3.63) is 29.6 Å². The number of amides is 2. The number of carbonyl (C=O) groups is 2. The third kappa shape index (κ3) is 7.09. The molecule has 0 saturated heterocycles. The normalized spacial score (nSPS) is 11.1. The van der Waals surface area contributed by atoms with E-state index in [1.807, 2.05) is 20.8 Å². The number of hydrogen-bond donors (Lipinski definition) is 3. The van der Waals surface area contributed by atoms with Crippen LogP contribution < -0.4 is 16.0 Å². The van der Waals surface area contributed by atoms with Crippen LogP contribution in [-0.2, 0) is 9.59 Å². The largest absolute Gasteiger partial charge is 0.357 e. The van der Waals surface area contributed by atoms with Crippen molar-refractivity contribution in [3.63, 3.8) is 0 Å². The van der Waals surface area contributed by atoms with E-state index >= 15 is 0 Å². The number of carbonyl (C=O) groups excluding carboxylic acids is 2. The Balaban J connectivity index is 2.60. The second-order valence-corrected chi connectivity index (χ2v) is 5.71. The van der Waals surface area contributed by atoms with Gasteiger partial charge < -0.3 is 20.9 Å². The summed E-state index contributed by atoms with van der Waals surface area (Å²) in [6.45, 7) is 7.35. The summed E-state index contributed by atoms with van der Waals surface area (Å²) in [4.78, 5) is 29.6. The van der Waals surface area contributed by atoms with Crippen molar-refractivity contribution >= 4 is 23.5 Å². The molecule has 0 atom stereocenters. The highest BCUT2D eigenvalue weighted by Crippen LogP contribution is 2.19. The number of halogens is 3. The number of anilines is 1. The van der Waals surface area contributed by atoms with Crippen LogP contribution in [0, 0.1) is 17.5 Å². The summed E-state index contributed by atoms with van der Waals surface area (Å²) < 4.78 is 39.7. The number of hydrogen-bond acceptors (Lipinski definition) is 3. The monoisotopic (exact) mass is 401 g/mol. The minimum atomic E-state index is -1.66. The molecule has 1 rings (SSSR count). The quantitative estimate of drug-likeness (QED) is 0.335. The summed E-state index contributed by atoms with van der Waals surface area (Å²) in [7, 11) is 0. The van der Waals surface area contributed by atoms with E-state index < -0.39 is 29.0 Å². The van der Waals surface area contributed by atoms with Crippen LogP contribution in [0.4, 0.5) is 18.9 Å². The molecule has 0 aromatic heterocycles. The van der Waals surface area contributed by atoms with Gasteiger partial charge >= 0.3 is 0 Å². The van der Waals surface area contributed by atoms with Gasteiger partial charge in [-0.1, -0.05) is 0 Å². The van der Waals surface area contributed by atoms with Crippen LogP contribution in [0.1, 0.15) is 27.2 Å². The molecule has 0 aliphatic carbocycles. The molecule has 1 aromatic carbocycles. The second kappa shape index (κ2) is 11.8. The van der Waals surface area contributed by atoms with Gasteiger partial charge in [0, 0.05) is 32.6 Å². The van der Waals surface area contributed by atoms with Crippen LogP contribution in [0.15, 0.2) is 17.1 Å². The lowest BCUT2D eigenvalue weighted by molar-refractivity contribution is -0.130. The molecular weight excluding hydrogens is 375 g/mol. The van der Waals surface area contributed by atoms with E-state index in [1.54, 1.807) is 4.90 Å². The molecule has 0 spiro atoms. The first-order valence-electron chi connectivity index (χ1n) is 9.07. The van der Waals surface area contributed by atoms with E-state index in [0.717, 1.165) is 12.1 Å². The molecule has 1 aromatic rings. The van der Waals surface area contributed by atoms with Crippen molar-refractivity contribution in [3.8, 4) is 0 Å². The fourth-order valence-corrected chi connectivity index (χ4v) is 2.33. The van der Waals surface area contributed by atoms with Crippen molar-refractivity contribution in [1.29, 1.82) is 0 Å². The van der Waals surface area contributed by atoms with E-state index in [2.05, 4.69) is 20.9 Å². The zero-order chi connectivity index (χ0) is 21.1. The lowest BCUT2D eigenvalue weighted by Crippen LogP contribution is -2.40. The minimum Gasteiger partial charge on any atom is -0.357 e. The van der Waals surface area contributed by atoms with E-state index in [-0.39, 0.29) is 18.9 Å². The number of benzene rings is 1. The van der Waals surface area contributed by atoms with Crippen molar-refractivity contribution in [2.24, 2.45) is 4.99 Å². The Morgan fingerprint density at radius 3 is 2.32 bits per heavy atom. The third-order valence-electron chi connectivity index (χ3n) is 3.78. The van der Waals surface area contributed by atoms with Gasteiger partial charge in [-0.05, 0) is 32.9 Å². The molecular formula is C18H26F3N5O2. The smallest absolute Gasteiger partial charge is 0.246 e. The maximum atomic E-state index is 13.6. The Labute approximate surface area is 162 Å². The minimum absolute atomic E-state index is 0.0000897. The van der Waals surface area contributed by atoms with Gasteiger partial charge in [0.05, 0.1) is 5.69 Å². The predicted octanol–water partition coefficient (Wildman–Crippen LogP) is 1.86. The van der Waals surface area contributed by atoms with Crippen LogP contribution in [0.25, 0.3) is 0 Å². The van der Waals surface area contributed by atoms with Gasteiger partial charge in [-0.2, -0.15) is 0 Å². The first kappa shape index (κ1) is 23.3. The molecule has 0 aliphatic rings. The zero-order valence-corrected chi connectivity index (χ0v) is 16.2. The van der Waals surface area contributed by atoms with Gasteiger partial charge in [0.15, 0.2) is 23.4 Å². The first-order chi connectivity index (χ1) is 13.3. The topological polar surface area (TPSA) is 85.8 Å². The molecule has 7 nitrogen and oxygen atoms in total. The second-order valence-electron chi connectivity index (χ2n) is 5.71. The summed E-state index contributed by atoms with van der Waals surface area (Å²) in [5.41, 5.74) is -0.470. The summed E-state index contributed by atoms with van der Waals surface area (Å²) in [5.74, 6) is -4.88. The predicted molar refractivity (Wildman–Crippen MR) is 101 cm³/mol. The summed E-state index contributed by atoms with van der Waals surface area (Å²) >= 11 is 0. The first-order valence-corrected chi connectivity index (χ1v) is 9.07. The fraction of sp³-hybridized carbons (Fsp3) is 0.500. The number of rotatable bonds is 9. The fourth-order valence-electron chi connectivity index (χ4n) is 2.33. The van der Waals surface area contributed by atoms with E-state index in [4.69, 9.17) is 0 Å². The third-order valence-corrected chi connectivity index (χ3v) is 3.78. The Bertz CT molecular complexity index is 709. The van der Waals surface area contributed by atoms with Gasteiger partial charge in [-0.15, -0.1) is 0 Å². The van der Waals surface area contributed by atoms with E-state index in [0.29, 0.717) is 32.1 Å². The number of nitrogens with zero attached hydrogens (tertiary/aromatic N) is 2. The molecule has 0 fully saturated rings. The van der Waals surface area contributed by atoms with Crippen LogP contribution in [0.3, 0.4) is 0 Å². The average Bonchev–Trinajstić information content (AvgIpc) is 2.67. The highest BCUT2D eigenvalue weighted by atomic mass is 19.2. The lowest BCUT2D eigenvalue weighted by atomic mass is 10.3. The SMILES string of the molecule is CCNC(=NCC(=O)Nc1ccc(F)c(F)c1F)NCCC(=O)N(CC)CC. The molecule has 0 unspecified atom stereocenters. The zero-order valence-electron chi connectivity index (χ0n) is 16.2. The molecule has 28 heavy (non-hydrogen) atoms. The lowest BCUT2D eigenvalue weighted by Gasteiger charge is -2.19. The number of nitrogens with one attached hydrogen (secondary N) is 3. The Kier molecular flexibility index (Phi) is 9.83. The molecule has 0 aliphatic heterocycles. The molecule has 10 heteroatoms. The molecule has 0 bridgehead atoms. The van der Waals surface area contributed by atoms with Gasteiger partial charge in [-0.3, -0.25) is 9.59 Å². The molecule has 0 heterocycles. The van der Waals surface area contributed by atoms with Crippen LogP contribution in [0.5, 0.6) is 0 Å². The molecule has 0 radical (unpaired) electrons. The summed E-state index contributed by atoms with van der Waals surface area (Å²) in [6, 6.07) is 1.65. The van der Waals surface area contributed by atoms with Gasteiger partial charge in [0.1, 0.15) is 6.54 Å². The van der Waals surface area contributed by atoms with Gasteiger partial charge in [-0.25, -0.2) is 18.2 Å². The summed E-state index contributed by atoms with van der Waals surface area (Å²) in [6.07, 6.45) is 0.262. The van der Waals surface area contributed by atoms with Crippen LogP contribution >= 0.6 is 0 Å². The standard InChI is InChI=1S/C18H26F3N5O2/c1-4-22-18(23-10-9-15(28)26(5-2)6-3)24-11-14(27)25-13-8-7-12(19)16(20)17(13)21/h7-8H,4-6,9-11H2,1-3H3,(H,25,27)(H2,22,23,24). The van der Waals surface area contributed by atoms with Gasteiger partial charge in [0.2, 0.25) is 11.8 Å². The summed E-state index contributed by atoms with van der Waals surface area (Å²) in [5, 5.41) is 7.98. The number of guanidine groups is 1. The Hall–Kier alpha value is -2.78. The maximum Gasteiger partial charge on any atom is 0.246 e. The van der Waals surface area contributed by atoms with E-state index in [1.165, 1.54) is 0 Å². The molecule has 156 valence electrons. The van der Waals surface area contributed by atoms with Crippen LogP contribution in [0.2, 0.25) is 0 Å². The highest BCUT2D eigenvalue weighted by Gasteiger charge is 2.15. The van der Waals surface area contributed by atoms with E-state index in [9.17, 15) is 22.8 Å². The van der Waals surface area contributed by atoms with Gasteiger partial charge in [0.25, 0.3) is 0 Å². The van der Waals surface area contributed by atoms with Crippen molar-refractivity contribution in [2.45, 2.75) is 27.2 Å². The molecule has 2 amide bonds. The molecule has 3 N–H and O–H groups in total. The average molecular weight is 401 g/mol. The number of aliphatic imine (C=N–C) groups is 1. The van der Waals surface area contributed by atoms with Crippen LogP contribution in [-0.4, -0.2) is 55.4 Å². The highest BCUT2D eigenvalue weighted by molar-refractivity contribution is 5.94. The Morgan fingerprint density at radius 1 is 1.04 bits per heavy atom.